The van der Waals surface area contributed by atoms with E-state index in [2.05, 4.69) is 217 Å². The van der Waals surface area contributed by atoms with Gasteiger partial charge in [-0.15, -0.1) is 0 Å². The Bertz CT molecular complexity index is 3560. The quantitative estimate of drug-likeness (QED) is 0.169. The van der Waals surface area contributed by atoms with Crippen molar-refractivity contribution in [2.45, 2.75) is 0 Å². The van der Waals surface area contributed by atoms with Crippen LogP contribution in [0.5, 0.6) is 0 Å². The van der Waals surface area contributed by atoms with Crippen LogP contribution in [-0.4, -0.2) is 0 Å². The highest BCUT2D eigenvalue weighted by Gasteiger charge is 2.19. The number of nitrogens with zero attached hydrogens (tertiary/aromatic N) is 1. The summed E-state index contributed by atoms with van der Waals surface area (Å²) in [5.74, 6) is 0. The highest BCUT2D eigenvalue weighted by Crippen LogP contribution is 2.44. The molecule has 0 N–H and O–H groups in total. The Labute approximate surface area is 340 Å². The second kappa shape index (κ2) is 13.4. The van der Waals surface area contributed by atoms with Crippen molar-refractivity contribution in [1.82, 2.24) is 0 Å². The predicted octanol–water partition coefficient (Wildman–Crippen LogP) is 16.3. The zero-order valence-electron chi connectivity index (χ0n) is 32.0. The van der Waals surface area contributed by atoms with Crippen molar-refractivity contribution in [3.05, 3.63) is 212 Å². The van der Waals surface area contributed by atoms with Crippen molar-refractivity contribution in [2.24, 2.45) is 0 Å². The van der Waals surface area contributed by atoms with Gasteiger partial charge in [-0.3, -0.25) is 0 Å². The molecule has 10 aromatic carbocycles. The molecule has 3 nitrogen and oxygen atoms in total. The van der Waals surface area contributed by atoms with Gasteiger partial charge in [0.05, 0.1) is 0 Å². The van der Waals surface area contributed by atoms with E-state index in [9.17, 15) is 0 Å². The first kappa shape index (κ1) is 33.3. The first-order valence-electron chi connectivity index (χ1n) is 20.1. The van der Waals surface area contributed by atoms with E-state index < -0.39 is 0 Å². The summed E-state index contributed by atoms with van der Waals surface area (Å²) in [6, 6.07) is 75.7. The van der Waals surface area contributed by atoms with Gasteiger partial charge < -0.3 is 13.7 Å². The number of hydrogen-bond donors (Lipinski definition) is 0. The van der Waals surface area contributed by atoms with Crippen molar-refractivity contribution < 1.29 is 8.83 Å². The Morgan fingerprint density at radius 2 is 0.780 bits per heavy atom. The van der Waals surface area contributed by atoms with Crippen LogP contribution in [0.2, 0.25) is 0 Å². The molecular formula is C56H35NO2. The average Bonchev–Trinajstić information content (AvgIpc) is 3.90. The average molecular weight is 754 g/mol. The Balaban J connectivity index is 1.01. The van der Waals surface area contributed by atoms with Crippen molar-refractivity contribution in [2.75, 3.05) is 4.90 Å². The molecule has 0 amide bonds. The molecular weight excluding hydrogens is 719 g/mol. The first-order chi connectivity index (χ1) is 29.2. The third-order valence-corrected chi connectivity index (χ3v) is 11.8. The lowest BCUT2D eigenvalue weighted by Crippen LogP contribution is -2.10. The van der Waals surface area contributed by atoms with Crippen LogP contribution in [0.25, 0.3) is 98.8 Å². The van der Waals surface area contributed by atoms with E-state index in [1.807, 2.05) is 0 Å². The zero-order valence-corrected chi connectivity index (χ0v) is 32.0. The highest BCUT2D eigenvalue weighted by molar-refractivity contribution is 6.20. The Hall–Kier alpha value is -7.88. The fourth-order valence-corrected chi connectivity index (χ4v) is 9.09. The number of benzene rings is 10. The molecule has 2 aromatic heterocycles. The summed E-state index contributed by atoms with van der Waals surface area (Å²) in [4.78, 5) is 2.36. The van der Waals surface area contributed by atoms with Crippen LogP contribution in [0.15, 0.2) is 221 Å². The molecule has 0 aliphatic rings. The predicted molar refractivity (Wildman–Crippen MR) is 247 cm³/mol. The third-order valence-electron chi connectivity index (χ3n) is 11.8. The van der Waals surface area contributed by atoms with Crippen molar-refractivity contribution in [1.29, 1.82) is 0 Å². The van der Waals surface area contributed by atoms with Gasteiger partial charge in [0.25, 0.3) is 0 Å². The van der Waals surface area contributed by atoms with Gasteiger partial charge in [0.1, 0.15) is 22.3 Å². The highest BCUT2D eigenvalue weighted by atomic mass is 16.3. The lowest BCUT2D eigenvalue weighted by molar-refractivity contribution is 0.672. The van der Waals surface area contributed by atoms with Gasteiger partial charge in [0, 0.05) is 49.4 Å². The smallest absolute Gasteiger partial charge is 0.143 e. The summed E-state index contributed by atoms with van der Waals surface area (Å²) in [5.41, 5.74) is 13.7. The number of anilines is 3. The maximum atomic E-state index is 6.59. The van der Waals surface area contributed by atoms with E-state index in [4.69, 9.17) is 8.83 Å². The van der Waals surface area contributed by atoms with Gasteiger partial charge in [0.2, 0.25) is 0 Å². The van der Waals surface area contributed by atoms with E-state index in [0.29, 0.717) is 0 Å². The lowest BCUT2D eigenvalue weighted by Gasteiger charge is -2.27. The monoisotopic (exact) mass is 753 g/mol. The minimum Gasteiger partial charge on any atom is -0.455 e. The molecule has 0 unspecified atom stereocenters. The summed E-state index contributed by atoms with van der Waals surface area (Å²) in [6.07, 6.45) is 0. The van der Waals surface area contributed by atoms with Gasteiger partial charge >= 0.3 is 0 Å². The molecule has 0 saturated carbocycles. The van der Waals surface area contributed by atoms with Gasteiger partial charge in [-0.05, 0) is 105 Å². The SMILES string of the molecule is c1ccc(-c2cccc(N(c3ccc(-c4cccc5oc6c7ccccc7ccc6c45)cc3)c3cccc(-c4cccc5oc6c7ccccc7ccc6c45)c3)c2)cc1. The van der Waals surface area contributed by atoms with E-state index in [1.165, 1.54) is 16.3 Å². The van der Waals surface area contributed by atoms with Crippen molar-refractivity contribution in [3.8, 4) is 33.4 Å². The molecule has 2 heterocycles. The van der Waals surface area contributed by atoms with Gasteiger partial charge in [-0.25, -0.2) is 0 Å². The summed E-state index contributed by atoms with van der Waals surface area (Å²) >= 11 is 0. The molecule has 12 aromatic rings. The van der Waals surface area contributed by atoms with Crippen LogP contribution >= 0.6 is 0 Å². The van der Waals surface area contributed by atoms with Crippen molar-refractivity contribution in [3.63, 3.8) is 0 Å². The van der Waals surface area contributed by atoms with E-state index in [-0.39, 0.29) is 0 Å². The molecule has 0 atom stereocenters. The van der Waals surface area contributed by atoms with Gasteiger partial charge in [-0.2, -0.15) is 0 Å². The minimum absolute atomic E-state index is 0.885. The molecule has 12 rings (SSSR count). The second-order valence-corrected chi connectivity index (χ2v) is 15.2. The molecule has 0 spiro atoms. The molecule has 0 fully saturated rings. The van der Waals surface area contributed by atoms with Crippen molar-refractivity contribution >= 4 is 82.5 Å². The number of fused-ring (bicyclic) bond motifs is 10. The molecule has 59 heavy (non-hydrogen) atoms. The van der Waals surface area contributed by atoms with E-state index >= 15 is 0 Å². The fourth-order valence-electron chi connectivity index (χ4n) is 9.09. The molecule has 3 heteroatoms. The Morgan fingerprint density at radius 3 is 1.39 bits per heavy atom. The maximum absolute atomic E-state index is 6.59. The maximum Gasteiger partial charge on any atom is 0.143 e. The summed E-state index contributed by atoms with van der Waals surface area (Å²) < 4.78 is 13.1. The standard InChI is InChI=1S/C56H35NO2/c1-2-12-36(13-3-1)40-16-8-18-43(34-40)57(42-30-26-39(27-31-42)45-22-10-24-51-53(45)49-32-28-37-14-4-6-20-47(37)55(49)58-51)44-19-9-17-41(35-44)46-23-11-25-52-54(46)50-33-29-38-15-5-7-21-48(38)56(50)59-52/h1-35H. The molecule has 0 aliphatic carbocycles. The summed E-state index contributed by atoms with van der Waals surface area (Å²) in [6.45, 7) is 0. The van der Waals surface area contributed by atoms with Crippen LogP contribution in [0.1, 0.15) is 0 Å². The summed E-state index contributed by atoms with van der Waals surface area (Å²) in [5, 5.41) is 9.11. The Morgan fingerprint density at radius 1 is 0.288 bits per heavy atom. The minimum atomic E-state index is 0.885. The van der Waals surface area contributed by atoms with E-state index in [0.717, 1.165) is 99.5 Å². The van der Waals surface area contributed by atoms with Crippen LogP contribution in [-0.2, 0) is 0 Å². The number of rotatable bonds is 6. The second-order valence-electron chi connectivity index (χ2n) is 15.2. The number of hydrogen-bond acceptors (Lipinski definition) is 3. The molecule has 276 valence electrons. The Kier molecular flexibility index (Phi) is 7.54. The third kappa shape index (κ3) is 5.44. The number of furan rings is 2. The molecule has 0 aliphatic heterocycles. The topological polar surface area (TPSA) is 29.5 Å². The van der Waals surface area contributed by atoms with Gasteiger partial charge in [-0.1, -0.05) is 152 Å². The summed E-state index contributed by atoms with van der Waals surface area (Å²) in [7, 11) is 0. The van der Waals surface area contributed by atoms with E-state index in [1.54, 1.807) is 0 Å². The zero-order chi connectivity index (χ0) is 38.9. The normalized spacial score (nSPS) is 11.7. The lowest BCUT2D eigenvalue weighted by atomic mass is 9.97. The van der Waals surface area contributed by atoms with Crippen LogP contribution < -0.4 is 4.90 Å². The van der Waals surface area contributed by atoms with Crippen LogP contribution in [0.3, 0.4) is 0 Å². The largest absolute Gasteiger partial charge is 0.455 e. The first-order valence-corrected chi connectivity index (χ1v) is 20.1. The molecule has 0 saturated heterocycles. The fraction of sp³-hybridized carbons (Fsp3) is 0. The van der Waals surface area contributed by atoms with Crippen LogP contribution in [0.4, 0.5) is 17.1 Å². The molecule has 0 radical (unpaired) electrons. The van der Waals surface area contributed by atoms with Crippen LogP contribution in [0, 0.1) is 0 Å². The molecule has 0 bridgehead atoms. The van der Waals surface area contributed by atoms with Gasteiger partial charge in [0.15, 0.2) is 0 Å².